The van der Waals surface area contributed by atoms with Gasteiger partial charge in [-0.2, -0.15) is 5.26 Å². The molecule has 14 heavy (non-hydrogen) atoms. The van der Waals surface area contributed by atoms with Gasteiger partial charge in [0.25, 0.3) is 0 Å². The van der Waals surface area contributed by atoms with E-state index in [4.69, 9.17) is 10.4 Å². The standard InChI is InChI=1S/C10H13NO2S/c1-10(2)7(8(10)9(12)13)4-6(5-11)14-3/h4,7-8H,1-3H3,(H,12,13)/t7-,8+/m1/s1. The number of hydrogen-bond acceptors (Lipinski definition) is 3. The number of carboxylic acids is 1. The van der Waals surface area contributed by atoms with Crippen molar-refractivity contribution in [2.24, 2.45) is 17.3 Å². The molecule has 1 aliphatic rings. The number of hydrogen-bond donors (Lipinski definition) is 1. The Labute approximate surface area is 87.8 Å². The van der Waals surface area contributed by atoms with Crippen molar-refractivity contribution in [3.63, 3.8) is 0 Å². The molecule has 1 fully saturated rings. The summed E-state index contributed by atoms with van der Waals surface area (Å²) in [5.41, 5.74) is -0.205. The number of carboxylic acid groups (broad SMARTS) is 1. The van der Waals surface area contributed by atoms with Crippen LogP contribution in [0.15, 0.2) is 11.0 Å². The molecule has 76 valence electrons. The zero-order valence-electron chi connectivity index (χ0n) is 8.44. The predicted molar refractivity (Wildman–Crippen MR) is 55.6 cm³/mol. The molecule has 0 heterocycles. The van der Waals surface area contributed by atoms with Gasteiger partial charge in [-0.25, -0.2) is 0 Å². The van der Waals surface area contributed by atoms with E-state index >= 15 is 0 Å². The predicted octanol–water partition coefficient (Wildman–Crippen LogP) is 2.11. The summed E-state index contributed by atoms with van der Waals surface area (Å²) in [5, 5.41) is 17.6. The first kappa shape index (κ1) is 11.1. The molecule has 0 aliphatic heterocycles. The highest BCUT2D eigenvalue weighted by Crippen LogP contribution is 2.59. The fraction of sp³-hybridized carbons (Fsp3) is 0.600. The van der Waals surface area contributed by atoms with Gasteiger partial charge in [0, 0.05) is 0 Å². The van der Waals surface area contributed by atoms with E-state index in [-0.39, 0.29) is 17.3 Å². The summed E-state index contributed by atoms with van der Waals surface area (Å²) < 4.78 is 0. The van der Waals surface area contributed by atoms with Crippen LogP contribution in [-0.2, 0) is 4.79 Å². The number of carbonyl (C=O) groups is 1. The van der Waals surface area contributed by atoms with Gasteiger partial charge >= 0.3 is 5.97 Å². The van der Waals surface area contributed by atoms with Gasteiger partial charge in [-0.1, -0.05) is 19.9 Å². The van der Waals surface area contributed by atoms with Crippen LogP contribution in [0.4, 0.5) is 0 Å². The van der Waals surface area contributed by atoms with Gasteiger partial charge in [-0.15, -0.1) is 11.8 Å². The maximum Gasteiger partial charge on any atom is 0.307 e. The molecule has 0 bridgehead atoms. The Kier molecular flexibility index (Phi) is 2.91. The second-order valence-electron chi connectivity index (χ2n) is 4.01. The lowest BCUT2D eigenvalue weighted by molar-refractivity contribution is -0.139. The lowest BCUT2D eigenvalue weighted by Crippen LogP contribution is -2.03. The Bertz CT molecular complexity index is 328. The lowest BCUT2D eigenvalue weighted by Gasteiger charge is -1.97. The van der Waals surface area contributed by atoms with Gasteiger partial charge in [-0.3, -0.25) is 4.79 Å². The fourth-order valence-electron chi connectivity index (χ4n) is 1.77. The van der Waals surface area contributed by atoms with Crippen LogP contribution in [0.2, 0.25) is 0 Å². The molecule has 0 spiro atoms. The maximum absolute atomic E-state index is 10.8. The third-order valence-electron chi connectivity index (χ3n) is 2.84. The number of nitrogens with zero attached hydrogens (tertiary/aromatic N) is 1. The topological polar surface area (TPSA) is 61.1 Å². The van der Waals surface area contributed by atoms with Crippen molar-refractivity contribution in [3.8, 4) is 6.07 Å². The summed E-state index contributed by atoms with van der Waals surface area (Å²) in [7, 11) is 0. The smallest absolute Gasteiger partial charge is 0.307 e. The normalized spacial score (nSPS) is 29.4. The Hall–Kier alpha value is -0.950. The molecule has 0 amide bonds. The van der Waals surface area contributed by atoms with Crippen molar-refractivity contribution < 1.29 is 9.90 Å². The Morgan fingerprint density at radius 1 is 1.64 bits per heavy atom. The second kappa shape index (κ2) is 3.66. The Balaban J connectivity index is 2.80. The van der Waals surface area contributed by atoms with E-state index in [0.29, 0.717) is 4.91 Å². The van der Waals surface area contributed by atoms with Crippen molar-refractivity contribution in [1.29, 1.82) is 5.26 Å². The van der Waals surface area contributed by atoms with Crippen molar-refractivity contribution >= 4 is 17.7 Å². The summed E-state index contributed by atoms with van der Waals surface area (Å²) >= 11 is 1.36. The minimum absolute atomic E-state index is 0.00194. The average molecular weight is 211 g/mol. The molecule has 1 aliphatic carbocycles. The lowest BCUT2D eigenvalue weighted by atomic mass is 10.1. The second-order valence-corrected chi connectivity index (χ2v) is 4.86. The largest absolute Gasteiger partial charge is 0.481 e. The number of thioether (sulfide) groups is 1. The van der Waals surface area contributed by atoms with Crippen molar-refractivity contribution in [3.05, 3.63) is 11.0 Å². The molecule has 0 aromatic heterocycles. The van der Waals surface area contributed by atoms with Gasteiger partial charge in [0.05, 0.1) is 10.8 Å². The van der Waals surface area contributed by atoms with E-state index in [9.17, 15) is 4.79 Å². The molecule has 2 atom stereocenters. The first-order valence-electron chi connectivity index (χ1n) is 4.34. The highest BCUT2D eigenvalue weighted by atomic mass is 32.2. The molecule has 0 radical (unpaired) electrons. The summed E-state index contributed by atoms with van der Waals surface area (Å²) in [6.45, 7) is 3.84. The molecule has 1 rings (SSSR count). The number of nitriles is 1. The highest BCUT2D eigenvalue weighted by Gasteiger charge is 2.61. The molecular formula is C10H13NO2S. The molecule has 0 aromatic carbocycles. The van der Waals surface area contributed by atoms with Crippen molar-refractivity contribution in [2.45, 2.75) is 13.8 Å². The van der Waals surface area contributed by atoms with Gasteiger partial charge < -0.3 is 5.11 Å². The zero-order chi connectivity index (χ0) is 10.9. The average Bonchev–Trinajstić information content (AvgIpc) is 2.63. The van der Waals surface area contributed by atoms with E-state index in [1.807, 2.05) is 20.1 Å². The quantitative estimate of drug-likeness (QED) is 0.726. The molecule has 0 saturated heterocycles. The van der Waals surface area contributed by atoms with Crippen LogP contribution in [0.5, 0.6) is 0 Å². The number of rotatable bonds is 3. The first-order chi connectivity index (χ1) is 6.45. The summed E-state index contributed by atoms with van der Waals surface area (Å²) in [6, 6.07) is 2.05. The minimum Gasteiger partial charge on any atom is -0.481 e. The van der Waals surface area contributed by atoms with Crippen LogP contribution in [0.25, 0.3) is 0 Å². The summed E-state index contributed by atoms with van der Waals surface area (Å²) in [4.78, 5) is 11.4. The molecular weight excluding hydrogens is 198 g/mol. The third-order valence-corrected chi connectivity index (χ3v) is 3.50. The molecule has 3 nitrogen and oxygen atoms in total. The molecule has 0 aromatic rings. The Morgan fingerprint density at radius 3 is 2.50 bits per heavy atom. The number of allylic oxidation sites excluding steroid dienone is 2. The Morgan fingerprint density at radius 2 is 2.21 bits per heavy atom. The van der Waals surface area contributed by atoms with E-state index in [1.165, 1.54) is 11.8 Å². The van der Waals surface area contributed by atoms with Gasteiger partial charge in [0.1, 0.15) is 6.07 Å². The first-order valence-corrected chi connectivity index (χ1v) is 5.56. The van der Waals surface area contributed by atoms with Crippen molar-refractivity contribution in [1.82, 2.24) is 0 Å². The summed E-state index contributed by atoms with van der Waals surface area (Å²) in [6.07, 6.45) is 3.60. The van der Waals surface area contributed by atoms with Gasteiger partial charge in [-0.05, 0) is 17.6 Å². The third kappa shape index (κ3) is 1.78. The van der Waals surface area contributed by atoms with Gasteiger partial charge in [0.2, 0.25) is 0 Å². The van der Waals surface area contributed by atoms with Crippen molar-refractivity contribution in [2.75, 3.05) is 6.26 Å². The van der Waals surface area contributed by atoms with Crippen LogP contribution >= 0.6 is 11.8 Å². The zero-order valence-corrected chi connectivity index (χ0v) is 9.26. The molecule has 4 heteroatoms. The number of aliphatic carboxylic acids is 1. The van der Waals surface area contributed by atoms with Crippen LogP contribution < -0.4 is 0 Å². The highest BCUT2D eigenvalue weighted by molar-refractivity contribution is 8.02. The SMILES string of the molecule is CSC(C#N)=C[C@@H]1[C@@H](C(=O)O)C1(C)C. The fourth-order valence-corrected chi connectivity index (χ4v) is 2.15. The van der Waals surface area contributed by atoms with E-state index in [1.54, 1.807) is 6.08 Å². The van der Waals surface area contributed by atoms with E-state index < -0.39 is 5.97 Å². The van der Waals surface area contributed by atoms with Crippen LogP contribution in [0.3, 0.4) is 0 Å². The van der Waals surface area contributed by atoms with Crippen LogP contribution in [-0.4, -0.2) is 17.3 Å². The van der Waals surface area contributed by atoms with Crippen LogP contribution in [0, 0.1) is 28.6 Å². The molecule has 1 N–H and O–H groups in total. The maximum atomic E-state index is 10.8. The molecule has 0 unspecified atom stereocenters. The van der Waals surface area contributed by atoms with E-state index in [0.717, 1.165) is 0 Å². The van der Waals surface area contributed by atoms with E-state index in [2.05, 4.69) is 6.07 Å². The molecule has 1 saturated carbocycles. The minimum atomic E-state index is -0.769. The monoisotopic (exact) mass is 211 g/mol. The van der Waals surface area contributed by atoms with Gasteiger partial charge in [0.15, 0.2) is 0 Å². The summed E-state index contributed by atoms with van der Waals surface area (Å²) in [5.74, 6) is -1.10. The van der Waals surface area contributed by atoms with Crippen LogP contribution in [0.1, 0.15) is 13.8 Å².